The van der Waals surface area contributed by atoms with Gasteiger partial charge < -0.3 is 15.3 Å². The normalized spacial score (nSPS) is 11.2. The van der Waals surface area contributed by atoms with Crippen molar-refractivity contribution in [1.82, 2.24) is 15.0 Å². The highest BCUT2D eigenvalue weighted by atomic mass is 15.1. The molecule has 0 atom stereocenters. The molecular weight excluding hydrogens is 260 g/mol. The molecule has 0 bridgehead atoms. The molecule has 2 heterocycles. The molecule has 0 unspecified atom stereocenters. The minimum Gasteiger partial charge on any atom is -0.361 e. The maximum Gasteiger partial charge on any atom is 0.201 e. The summed E-state index contributed by atoms with van der Waals surface area (Å²) in [5.41, 5.74) is 4.59. The predicted octanol–water partition coefficient (Wildman–Crippen LogP) is 3.70. The number of benzene rings is 2. The lowest BCUT2D eigenvalue weighted by atomic mass is 10.1. The number of aromatic nitrogens is 3. The summed E-state index contributed by atoms with van der Waals surface area (Å²) in [5.74, 6) is 0.831. The Morgan fingerprint density at radius 1 is 0.952 bits per heavy atom. The zero-order valence-electron chi connectivity index (χ0n) is 11.6. The number of hydrogen-bond donors (Lipinski definition) is 3. The molecule has 4 rings (SSSR count). The first-order valence-electron chi connectivity index (χ1n) is 7.14. The van der Waals surface area contributed by atoms with Crippen LogP contribution in [-0.4, -0.2) is 21.5 Å². The molecule has 0 amide bonds. The first-order chi connectivity index (χ1) is 10.4. The largest absolute Gasteiger partial charge is 0.361 e. The number of anilines is 1. The first kappa shape index (κ1) is 12.0. The summed E-state index contributed by atoms with van der Waals surface area (Å²) in [4.78, 5) is 11.1. The number of hydrogen-bond acceptors (Lipinski definition) is 2. The summed E-state index contributed by atoms with van der Waals surface area (Å²) in [6.07, 6.45) is 2.95. The summed E-state index contributed by atoms with van der Waals surface area (Å²) < 4.78 is 0. The average Bonchev–Trinajstić information content (AvgIpc) is 3.13. The van der Waals surface area contributed by atoms with Gasteiger partial charge in [0.25, 0.3) is 0 Å². The number of para-hydroxylation sites is 2. The highest BCUT2D eigenvalue weighted by Gasteiger charge is 2.03. The van der Waals surface area contributed by atoms with Gasteiger partial charge in [0, 0.05) is 23.6 Å². The Morgan fingerprint density at radius 2 is 1.86 bits per heavy atom. The maximum atomic E-state index is 4.52. The first-order valence-corrected chi connectivity index (χ1v) is 7.14. The van der Waals surface area contributed by atoms with E-state index in [1.165, 1.54) is 16.5 Å². The monoisotopic (exact) mass is 276 g/mol. The Bertz CT molecular complexity index is 855. The van der Waals surface area contributed by atoms with Crippen LogP contribution in [0.2, 0.25) is 0 Å². The van der Waals surface area contributed by atoms with Crippen LogP contribution in [0.25, 0.3) is 21.9 Å². The van der Waals surface area contributed by atoms with Gasteiger partial charge in [-0.1, -0.05) is 24.3 Å². The van der Waals surface area contributed by atoms with Crippen LogP contribution < -0.4 is 5.32 Å². The van der Waals surface area contributed by atoms with Crippen molar-refractivity contribution in [1.29, 1.82) is 0 Å². The Hall–Kier alpha value is -2.75. The van der Waals surface area contributed by atoms with Gasteiger partial charge in [-0.25, -0.2) is 4.98 Å². The highest BCUT2D eigenvalue weighted by molar-refractivity contribution is 5.83. The molecule has 21 heavy (non-hydrogen) atoms. The van der Waals surface area contributed by atoms with Crippen LogP contribution in [0.15, 0.2) is 54.7 Å². The Labute approximate surface area is 122 Å². The molecule has 4 nitrogen and oxygen atoms in total. The Morgan fingerprint density at radius 3 is 2.81 bits per heavy atom. The number of rotatable bonds is 4. The zero-order valence-corrected chi connectivity index (χ0v) is 11.6. The molecule has 0 aliphatic heterocycles. The molecule has 2 aromatic carbocycles. The van der Waals surface area contributed by atoms with Crippen LogP contribution in [0.3, 0.4) is 0 Å². The van der Waals surface area contributed by atoms with Crippen LogP contribution in [0.5, 0.6) is 0 Å². The predicted molar refractivity (Wildman–Crippen MR) is 86.6 cm³/mol. The van der Waals surface area contributed by atoms with E-state index in [-0.39, 0.29) is 0 Å². The molecule has 104 valence electrons. The van der Waals surface area contributed by atoms with Gasteiger partial charge in [0.05, 0.1) is 11.0 Å². The van der Waals surface area contributed by atoms with E-state index in [0.29, 0.717) is 0 Å². The Balaban J connectivity index is 1.48. The molecule has 0 fully saturated rings. The van der Waals surface area contributed by atoms with Crippen molar-refractivity contribution >= 4 is 27.9 Å². The molecule has 0 spiro atoms. The van der Waals surface area contributed by atoms with E-state index in [9.17, 15) is 0 Å². The molecule has 0 saturated heterocycles. The van der Waals surface area contributed by atoms with Crippen molar-refractivity contribution < 1.29 is 0 Å². The van der Waals surface area contributed by atoms with E-state index in [0.717, 1.165) is 29.9 Å². The van der Waals surface area contributed by atoms with Gasteiger partial charge in [-0.3, -0.25) is 0 Å². The van der Waals surface area contributed by atoms with E-state index in [1.54, 1.807) is 0 Å². The summed E-state index contributed by atoms with van der Waals surface area (Å²) in [5, 5.41) is 4.66. The molecule has 4 aromatic rings. The van der Waals surface area contributed by atoms with E-state index in [1.807, 2.05) is 30.5 Å². The second kappa shape index (κ2) is 4.98. The lowest BCUT2D eigenvalue weighted by Gasteiger charge is -2.04. The third-order valence-electron chi connectivity index (χ3n) is 3.76. The van der Waals surface area contributed by atoms with Gasteiger partial charge in [-0.15, -0.1) is 0 Å². The average molecular weight is 276 g/mol. The lowest BCUT2D eigenvalue weighted by Crippen LogP contribution is -2.06. The van der Waals surface area contributed by atoms with Crippen molar-refractivity contribution in [2.75, 3.05) is 11.9 Å². The molecule has 4 heteroatoms. The van der Waals surface area contributed by atoms with Crippen molar-refractivity contribution in [3.63, 3.8) is 0 Å². The van der Waals surface area contributed by atoms with Crippen LogP contribution in [0.4, 0.5) is 5.95 Å². The highest BCUT2D eigenvalue weighted by Crippen LogP contribution is 2.18. The van der Waals surface area contributed by atoms with Crippen LogP contribution in [0, 0.1) is 0 Å². The maximum absolute atomic E-state index is 4.52. The number of nitrogens with one attached hydrogen (secondary N) is 3. The minimum atomic E-state index is 0.831. The smallest absolute Gasteiger partial charge is 0.201 e. The summed E-state index contributed by atoms with van der Waals surface area (Å²) in [7, 11) is 0. The second-order valence-corrected chi connectivity index (χ2v) is 5.14. The van der Waals surface area contributed by atoms with Crippen molar-refractivity contribution in [3.05, 3.63) is 60.3 Å². The van der Waals surface area contributed by atoms with E-state index < -0.39 is 0 Å². The lowest BCUT2D eigenvalue weighted by molar-refractivity contribution is 1.01. The second-order valence-electron chi connectivity index (χ2n) is 5.14. The summed E-state index contributed by atoms with van der Waals surface area (Å²) in [6, 6.07) is 16.6. The fourth-order valence-corrected chi connectivity index (χ4v) is 2.72. The standard InChI is InChI=1S/C17H16N4/c1-2-6-16-15(5-1)20-17(21-16)19-10-8-12-4-3-7-14-13(12)9-11-18-14/h1-7,9,11,18H,8,10H2,(H2,19,20,21). The number of fused-ring (bicyclic) bond motifs is 2. The zero-order chi connectivity index (χ0) is 14.1. The Kier molecular flexibility index (Phi) is 2.85. The van der Waals surface area contributed by atoms with E-state index in [4.69, 9.17) is 0 Å². The van der Waals surface area contributed by atoms with Crippen molar-refractivity contribution in [3.8, 4) is 0 Å². The third kappa shape index (κ3) is 2.25. The number of aromatic amines is 2. The van der Waals surface area contributed by atoms with Gasteiger partial charge in [0.15, 0.2) is 0 Å². The number of imidazole rings is 1. The van der Waals surface area contributed by atoms with Crippen LogP contribution >= 0.6 is 0 Å². The number of H-pyrrole nitrogens is 2. The van der Waals surface area contributed by atoms with Crippen LogP contribution in [-0.2, 0) is 6.42 Å². The summed E-state index contributed by atoms with van der Waals surface area (Å²) in [6.45, 7) is 0.851. The minimum absolute atomic E-state index is 0.831. The molecule has 0 saturated carbocycles. The fraction of sp³-hybridized carbons (Fsp3) is 0.118. The van der Waals surface area contributed by atoms with Gasteiger partial charge in [-0.05, 0) is 36.2 Å². The molecule has 0 aliphatic rings. The summed E-state index contributed by atoms with van der Waals surface area (Å²) >= 11 is 0. The van der Waals surface area contributed by atoms with E-state index >= 15 is 0 Å². The van der Waals surface area contributed by atoms with E-state index in [2.05, 4.69) is 44.5 Å². The topological polar surface area (TPSA) is 56.5 Å². The molecular formula is C17H16N4. The SMILES string of the molecule is c1ccc2[nH]c(NCCc3cccc4[nH]ccc34)nc2c1. The van der Waals surface area contributed by atoms with Gasteiger partial charge in [0.2, 0.25) is 5.95 Å². The molecule has 2 aromatic heterocycles. The fourth-order valence-electron chi connectivity index (χ4n) is 2.72. The van der Waals surface area contributed by atoms with Crippen molar-refractivity contribution in [2.24, 2.45) is 0 Å². The van der Waals surface area contributed by atoms with Crippen LogP contribution in [0.1, 0.15) is 5.56 Å². The quantitative estimate of drug-likeness (QED) is 0.532. The molecule has 0 radical (unpaired) electrons. The van der Waals surface area contributed by atoms with Gasteiger partial charge in [-0.2, -0.15) is 0 Å². The molecule has 3 N–H and O–H groups in total. The third-order valence-corrected chi connectivity index (χ3v) is 3.76. The molecule has 0 aliphatic carbocycles. The van der Waals surface area contributed by atoms with Gasteiger partial charge in [0.1, 0.15) is 0 Å². The number of nitrogens with zero attached hydrogens (tertiary/aromatic N) is 1. The van der Waals surface area contributed by atoms with Gasteiger partial charge >= 0.3 is 0 Å². The van der Waals surface area contributed by atoms with Crippen molar-refractivity contribution in [2.45, 2.75) is 6.42 Å².